The van der Waals surface area contributed by atoms with Crippen molar-refractivity contribution in [2.24, 2.45) is 0 Å². The van der Waals surface area contributed by atoms with Gasteiger partial charge in [0, 0.05) is 10.3 Å². The number of hydrogen-bond acceptors (Lipinski definition) is 2. The Balaban J connectivity index is 2.93. The molecule has 0 aliphatic heterocycles. The van der Waals surface area contributed by atoms with E-state index in [1.54, 1.807) is 11.3 Å². The molecule has 0 saturated heterocycles. The lowest BCUT2D eigenvalue weighted by Gasteiger charge is -1.86. The third kappa shape index (κ3) is 1.37. The van der Waals surface area contributed by atoms with E-state index in [0.29, 0.717) is 0 Å². The highest BCUT2D eigenvalue weighted by Gasteiger charge is 1.88. The summed E-state index contributed by atoms with van der Waals surface area (Å²) >= 11 is 6.74. The molecule has 1 rings (SSSR count). The molecule has 1 unspecified atom stereocenters. The van der Waals surface area contributed by atoms with Crippen LogP contribution in [0.3, 0.4) is 0 Å². The van der Waals surface area contributed by atoms with E-state index in [2.05, 4.69) is 23.1 Å². The van der Waals surface area contributed by atoms with E-state index in [-0.39, 0.29) is 9.45 Å². The minimum absolute atomic E-state index is 0.0459. The fourth-order valence-corrected chi connectivity index (χ4v) is 2.51. The van der Waals surface area contributed by atoms with E-state index < -0.39 is 0 Å². The maximum atomic E-state index is 5.03. The molecule has 1 atom stereocenters. The standard InChI is InChI=1S/C5H6S3/c1-8(6)5-2-3-7-4-5/h2-4H,1H3. The highest BCUT2D eigenvalue weighted by atomic mass is 32.8. The lowest BCUT2D eigenvalue weighted by molar-refractivity contribution is 1.60. The molecule has 1 heterocycles. The molecular formula is C5H6S3. The van der Waals surface area contributed by atoms with Crippen molar-refractivity contribution in [2.45, 2.75) is 4.90 Å². The Bertz CT molecular complexity index is 176. The van der Waals surface area contributed by atoms with Gasteiger partial charge in [0.1, 0.15) is 0 Å². The summed E-state index contributed by atoms with van der Waals surface area (Å²) in [6, 6.07) is 2.08. The first-order valence-electron chi connectivity index (χ1n) is 2.16. The molecular weight excluding hydrogens is 156 g/mol. The summed E-state index contributed by atoms with van der Waals surface area (Å²) in [7, 11) is 0.0459. The van der Waals surface area contributed by atoms with Crippen molar-refractivity contribution in [3.63, 3.8) is 0 Å². The number of hydrogen-bond donors (Lipinski definition) is 0. The molecule has 1 aromatic heterocycles. The average Bonchev–Trinajstić information content (AvgIpc) is 2.12. The van der Waals surface area contributed by atoms with Gasteiger partial charge in [0.2, 0.25) is 0 Å². The van der Waals surface area contributed by atoms with Gasteiger partial charge in [-0.05, 0) is 28.9 Å². The maximum absolute atomic E-state index is 5.03. The number of thiophene rings is 1. The summed E-state index contributed by atoms with van der Waals surface area (Å²) in [5, 5.41) is 4.17. The highest BCUT2D eigenvalue weighted by Crippen LogP contribution is 2.08. The molecule has 8 heavy (non-hydrogen) atoms. The lowest BCUT2D eigenvalue weighted by atomic mass is 10.7. The van der Waals surface area contributed by atoms with Crippen LogP contribution in [0.2, 0.25) is 0 Å². The fourth-order valence-electron chi connectivity index (χ4n) is 0.416. The van der Waals surface area contributed by atoms with Crippen LogP contribution in [0.4, 0.5) is 0 Å². The van der Waals surface area contributed by atoms with Gasteiger partial charge in [-0.15, -0.1) is 0 Å². The van der Waals surface area contributed by atoms with Crippen LogP contribution in [0.5, 0.6) is 0 Å². The van der Waals surface area contributed by atoms with Gasteiger partial charge in [-0.1, -0.05) is 9.45 Å². The van der Waals surface area contributed by atoms with Gasteiger partial charge < -0.3 is 0 Å². The Labute approximate surface area is 60.1 Å². The Hall–Kier alpha value is 0.270. The summed E-state index contributed by atoms with van der Waals surface area (Å²) in [6.07, 6.45) is 2.05. The van der Waals surface area contributed by atoms with E-state index in [4.69, 9.17) is 11.2 Å². The van der Waals surface area contributed by atoms with Gasteiger partial charge >= 0.3 is 0 Å². The SMILES string of the molecule is CS(=S)c1ccsc1. The highest BCUT2D eigenvalue weighted by molar-refractivity contribution is 8.28. The summed E-state index contributed by atoms with van der Waals surface area (Å²) in [6.45, 7) is 0. The molecule has 3 heteroatoms. The van der Waals surface area contributed by atoms with Crippen LogP contribution < -0.4 is 0 Å². The second-order valence-electron chi connectivity index (χ2n) is 1.41. The molecule has 0 saturated carbocycles. The molecule has 0 amide bonds. The third-order valence-electron chi connectivity index (χ3n) is 0.827. The summed E-state index contributed by atoms with van der Waals surface area (Å²) in [5.74, 6) is 0. The summed E-state index contributed by atoms with van der Waals surface area (Å²) in [5.41, 5.74) is 0. The molecule has 0 spiro atoms. The molecule has 1 aromatic rings. The van der Waals surface area contributed by atoms with E-state index in [1.807, 2.05) is 0 Å². The first-order chi connectivity index (χ1) is 3.80. The van der Waals surface area contributed by atoms with Crippen molar-refractivity contribution in [3.05, 3.63) is 16.8 Å². The predicted octanol–water partition coefficient (Wildman–Crippen LogP) is 1.82. The Morgan fingerprint density at radius 3 is 2.75 bits per heavy atom. The quantitative estimate of drug-likeness (QED) is 0.607. The molecule has 0 nitrogen and oxygen atoms in total. The second kappa shape index (κ2) is 2.71. The first kappa shape index (κ1) is 6.39. The van der Waals surface area contributed by atoms with Crippen LogP contribution in [-0.4, -0.2) is 6.26 Å². The monoisotopic (exact) mass is 162 g/mol. The fraction of sp³-hybridized carbons (Fsp3) is 0.200. The van der Waals surface area contributed by atoms with Gasteiger partial charge in [-0.3, -0.25) is 0 Å². The van der Waals surface area contributed by atoms with Crippen molar-refractivity contribution in [1.82, 2.24) is 0 Å². The van der Waals surface area contributed by atoms with Crippen LogP contribution in [0.25, 0.3) is 0 Å². The third-order valence-corrected chi connectivity index (χ3v) is 3.15. The second-order valence-corrected chi connectivity index (χ2v) is 5.07. The molecule has 0 aliphatic carbocycles. The smallest absolute Gasteiger partial charge is 0.0222 e. The molecule has 0 fully saturated rings. The van der Waals surface area contributed by atoms with Crippen molar-refractivity contribution in [3.8, 4) is 0 Å². The van der Waals surface area contributed by atoms with Gasteiger partial charge in [-0.2, -0.15) is 11.3 Å². The predicted molar refractivity (Wildman–Crippen MR) is 43.2 cm³/mol. The number of rotatable bonds is 1. The zero-order valence-electron chi connectivity index (χ0n) is 4.46. The van der Waals surface area contributed by atoms with E-state index in [0.717, 1.165) is 0 Å². The summed E-state index contributed by atoms with van der Waals surface area (Å²) < 4.78 is 0. The minimum atomic E-state index is 0.0459. The average molecular weight is 162 g/mol. The largest absolute Gasteiger partial charge is 0.151 e. The Kier molecular flexibility index (Phi) is 2.16. The molecule has 44 valence electrons. The van der Waals surface area contributed by atoms with Crippen LogP contribution in [0.15, 0.2) is 21.7 Å². The molecule has 0 aliphatic rings. The van der Waals surface area contributed by atoms with Gasteiger partial charge in [0.15, 0.2) is 0 Å². The van der Waals surface area contributed by atoms with Gasteiger partial charge in [0.25, 0.3) is 0 Å². The Morgan fingerprint density at radius 2 is 2.50 bits per heavy atom. The maximum Gasteiger partial charge on any atom is 0.0222 e. The van der Waals surface area contributed by atoms with Crippen LogP contribution >= 0.6 is 11.3 Å². The van der Waals surface area contributed by atoms with Crippen molar-refractivity contribution in [2.75, 3.05) is 6.26 Å². The van der Waals surface area contributed by atoms with Crippen LogP contribution in [0.1, 0.15) is 0 Å². The molecule has 0 N–H and O–H groups in total. The molecule has 0 bridgehead atoms. The van der Waals surface area contributed by atoms with Crippen molar-refractivity contribution < 1.29 is 0 Å². The zero-order chi connectivity index (χ0) is 5.98. The first-order valence-corrected chi connectivity index (χ1v) is 5.66. The van der Waals surface area contributed by atoms with E-state index in [1.165, 1.54) is 4.90 Å². The van der Waals surface area contributed by atoms with Crippen molar-refractivity contribution >= 4 is 32.0 Å². The van der Waals surface area contributed by atoms with Crippen molar-refractivity contribution in [1.29, 1.82) is 0 Å². The zero-order valence-corrected chi connectivity index (χ0v) is 6.91. The van der Waals surface area contributed by atoms with E-state index >= 15 is 0 Å². The molecule has 0 aromatic carbocycles. The van der Waals surface area contributed by atoms with Gasteiger partial charge in [0.05, 0.1) is 0 Å². The summed E-state index contributed by atoms with van der Waals surface area (Å²) in [4.78, 5) is 1.30. The van der Waals surface area contributed by atoms with Crippen LogP contribution in [-0.2, 0) is 20.6 Å². The molecule has 0 radical (unpaired) electrons. The topological polar surface area (TPSA) is 0 Å². The van der Waals surface area contributed by atoms with E-state index in [9.17, 15) is 0 Å². The lowest BCUT2D eigenvalue weighted by Crippen LogP contribution is -1.77. The normalized spacial score (nSPS) is 13.6. The van der Waals surface area contributed by atoms with Gasteiger partial charge in [-0.25, -0.2) is 0 Å². The minimum Gasteiger partial charge on any atom is -0.151 e. The Morgan fingerprint density at radius 1 is 1.75 bits per heavy atom. The van der Waals surface area contributed by atoms with Crippen LogP contribution in [0, 0.1) is 0 Å².